The first-order chi connectivity index (χ1) is 17.8. The van der Waals surface area contributed by atoms with Crippen molar-refractivity contribution in [1.82, 2.24) is 9.97 Å². The van der Waals surface area contributed by atoms with Crippen LogP contribution >= 0.6 is 0 Å². The zero-order valence-corrected chi connectivity index (χ0v) is 20.3. The predicted octanol–water partition coefficient (Wildman–Crippen LogP) is 8.13. The maximum atomic E-state index is 4.71. The highest BCUT2D eigenvalue weighted by Crippen LogP contribution is 2.33. The lowest BCUT2D eigenvalue weighted by molar-refractivity contribution is 1.07. The number of hydrogen-bond donors (Lipinski definition) is 0. The number of nitrogens with zero attached hydrogens (tertiary/aromatic N) is 2. The van der Waals surface area contributed by atoms with Crippen molar-refractivity contribution in [3.63, 3.8) is 0 Å². The van der Waals surface area contributed by atoms with Crippen LogP contribution in [-0.4, -0.2) is 9.97 Å². The Kier molecular flexibility index (Phi) is 7.24. The molecule has 0 aliphatic heterocycles. The molecule has 2 aromatic heterocycles. The molecule has 0 amide bonds. The van der Waals surface area contributed by atoms with Crippen molar-refractivity contribution in [2.24, 2.45) is 0 Å². The third-order valence-corrected chi connectivity index (χ3v) is 6.21. The predicted molar refractivity (Wildman–Crippen MR) is 149 cm³/mol. The maximum absolute atomic E-state index is 4.71. The highest BCUT2D eigenvalue weighted by atomic mass is 14.7. The van der Waals surface area contributed by atoms with Gasteiger partial charge in [-0.05, 0) is 47.9 Å². The van der Waals surface area contributed by atoms with Gasteiger partial charge in [0.1, 0.15) is 0 Å². The molecule has 5 rings (SSSR count). The Morgan fingerprint density at radius 1 is 0.528 bits per heavy atom. The Bertz CT molecular complexity index is 1260. The molecule has 0 aliphatic carbocycles. The van der Waals surface area contributed by atoms with Crippen LogP contribution in [-0.2, 0) is 0 Å². The Morgan fingerprint density at radius 3 is 1.39 bits per heavy atom. The molecular formula is C34H28N2. The number of aromatic nitrogens is 2. The normalized spacial score (nSPS) is 12.8. The highest BCUT2D eigenvalue weighted by molar-refractivity contribution is 5.82. The van der Waals surface area contributed by atoms with E-state index >= 15 is 0 Å². The minimum Gasteiger partial charge on any atom is -0.256 e. The van der Waals surface area contributed by atoms with E-state index in [0.717, 1.165) is 33.7 Å². The van der Waals surface area contributed by atoms with Crippen LogP contribution < -0.4 is 0 Å². The van der Waals surface area contributed by atoms with E-state index in [1.807, 2.05) is 48.8 Å². The number of pyridine rings is 2. The second kappa shape index (κ2) is 11.2. The fourth-order valence-electron chi connectivity index (χ4n) is 4.33. The first-order valence-electron chi connectivity index (χ1n) is 12.2. The summed E-state index contributed by atoms with van der Waals surface area (Å²) in [5.41, 5.74) is 8.85. The molecule has 2 heterocycles. The second-order valence-electron chi connectivity index (χ2n) is 8.76. The van der Waals surface area contributed by atoms with Crippen molar-refractivity contribution >= 4 is 11.1 Å². The molecule has 2 nitrogen and oxygen atoms in total. The monoisotopic (exact) mass is 464 g/mol. The number of hydrogen-bond acceptors (Lipinski definition) is 2. The molecule has 0 bridgehead atoms. The molecule has 174 valence electrons. The van der Waals surface area contributed by atoms with E-state index < -0.39 is 0 Å². The fraction of sp³-hybridized carbons (Fsp3) is 0.0588. The third-order valence-electron chi connectivity index (χ3n) is 6.21. The Hall–Kier alpha value is -4.56. The number of aryl methyl sites for hydroxylation is 1. The SMILES string of the molecule is Cc1ccc(C(C=C(c2ccccc2)c2ccccn2)C=C(c2ccccc2)c2ccccn2)cc1. The van der Waals surface area contributed by atoms with Gasteiger partial charge in [-0.25, -0.2) is 0 Å². The van der Waals surface area contributed by atoms with E-state index in [4.69, 9.17) is 9.97 Å². The molecule has 36 heavy (non-hydrogen) atoms. The molecule has 0 fully saturated rings. The van der Waals surface area contributed by atoms with Crippen molar-refractivity contribution < 1.29 is 0 Å². The summed E-state index contributed by atoms with van der Waals surface area (Å²) in [7, 11) is 0. The summed E-state index contributed by atoms with van der Waals surface area (Å²) in [5, 5.41) is 0. The summed E-state index contributed by atoms with van der Waals surface area (Å²) in [5.74, 6) is 0.0000227. The molecule has 5 aromatic rings. The Labute approximate surface area is 213 Å². The average molecular weight is 465 g/mol. The number of benzene rings is 3. The van der Waals surface area contributed by atoms with Gasteiger partial charge in [-0.1, -0.05) is 115 Å². The highest BCUT2D eigenvalue weighted by Gasteiger charge is 2.15. The molecule has 0 saturated carbocycles. The summed E-state index contributed by atoms with van der Waals surface area (Å²) in [4.78, 5) is 9.42. The van der Waals surface area contributed by atoms with Crippen LogP contribution in [0.15, 0.2) is 146 Å². The molecule has 0 atom stereocenters. The van der Waals surface area contributed by atoms with Crippen molar-refractivity contribution in [2.75, 3.05) is 0 Å². The van der Waals surface area contributed by atoms with Gasteiger partial charge >= 0.3 is 0 Å². The number of rotatable bonds is 7. The van der Waals surface area contributed by atoms with Crippen molar-refractivity contribution in [1.29, 1.82) is 0 Å². The molecule has 0 radical (unpaired) electrons. The smallest absolute Gasteiger partial charge is 0.0705 e. The Balaban J connectivity index is 1.74. The van der Waals surface area contributed by atoms with Gasteiger partial charge in [-0.3, -0.25) is 9.97 Å². The summed E-state index contributed by atoms with van der Waals surface area (Å²) in [6.07, 6.45) is 8.36. The fourth-order valence-corrected chi connectivity index (χ4v) is 4.33. The summed E-state index contributed by atoms with van der Waals surface area (Å²) in [6, 6.07) is 41.9. The molecule has 3 aromatic carbocycles. The van der Waals surface area contributed by atoms with Crippen molar-refractivity contribution in [2.45, 2.75) is 12.8 Å². The van der Waals surface area contributed by atoms with Crippen LogP contribution in [0.4, 0.5) is 0 Å². The van der Waals surface area contributed by atoms with Crippen molar-refractivity contribution in [3.8, 4) is 0 Å². The molecular weight excluding hydrogens is 436 g/mol. The van der Waals surface area contributed by atoms with E-state index in [9.17, 15) is 0 Å². The third kappa shape index (κ3) is 5.56. The molecule has 0 saturated heterocycles. The van der Waals surface area contributed by atoms with Gasteiger partial charge in [0.15, 0.2) is 0 Å². The van der Waals surface area contributed by atoms with E-state index in [1.165, 1.54) is 11.1 Å². The summed E-state index contributed by atoms with van der Waals surface area (Å²) >= 11 is 0. The van der Waals surface area contributed by atoms with Crippen molar-refractivity contribution in [3.05, 3.63) is 180 Å². The first-order valence-corrected chi connectivity index (χ1v) is 12.2. The maximum Gasteiger partial charge on any atom is 0.0705 e. The molecule has 0 unspecified atom stereocenters. The summed E-state index contributed by atoms with van der Waals surface area (Å²) < 4.78 is 0. The molecule has 0 spiro atoms. The average Bonchev–Trinajstić information content (AvgIpc) is 2.96. The van der Waals surface area contributed by atoms with Gasteiger partial charge in [-0.15, -0.1) is 0 Å². The van der Waals surface area contributed by atoms with Gasteiger partial charge in [-0.2, -0.15) is 0 Å². The zero-order chi connectivity index (χ0) is 24.6. The topological polar surface area (TPSA) is 25.8 Å². The quantitative estimate of drug-likeness (QED) is 0.243. The molecule has 0 aliphatic rings. The van der Waals surface area contributed by atoms with Gasteiger partial charge in [0.25, 0.3) is 0 Å². The van der Waals surface area contributed by atoms with Crippen LogP contribution in [0, 0.1) is 6.92 Å². The van der Waals surface area contributed by atoms with Crippen LogP contribution in [0.2, 0.25) is 0 Å². The zero-order valence-electron chi connectivity index (χ0n) is 20.3. The van der Waals surface area contributed by atoms with Gasteiger partial charge in [0.05, 0.1) is 11.4 Å². The van der Waals surface area contributed by atoms with E-state index in [-0.39, 0.29) is 5.92 Å². The molecule has 2 heteroatoms. The van der Waals surface area contributed by atoms with Gasteiger partial charge < -0.3 is 0 Å². The number of allylic oxidation sites excluding steroid dienone is 2. The lowest BCUT2D eigenvalue weighted by Gasteiger charge is -2.17. The van der Waals surface area contributed by atoms with Crippen LogP contribution in [0.3, 0.4) is 0 Å². The van der Waals surface area contributed by atoms with Crippen LogP contribution in [0.5, 0.6) is 0 Å². The van der Waals surface area contributed by atoms with E-state index in [1.54, 1.807) is 0 Å². The first kappa shape index (κ1) is 23.2. The minimum absolute atomic E-state index is 0.0000227. The lowest BCUT2D eigenvalue weighted by Crippen LogP contribution is -2.00. The van der Waals surface area contributed by atoms with E-state index in [0.29, 0.717) is 0 Å². The molecule has 0 N–H and O–H groups in total. The second-order valence-corrected chi connectivity index (χ2v) is 8.76. The van der Waals surface area contributed by atoms with Crippen LogP contribution in [0.1, 0.15) is 39.6 Å². The summed E-state index contributed by atoms with van der Waals surface area (Å²) in [6.45, 7) is 2.12. The standard InChI is InChI=1S/C34H28N2/c1-26-18-20-27(21-19-26)30(24-31(28-12-4-2-5-13-28)33-16-8-10-22-35-33)25-32(29-14-6-3-7-15-29)34-17-9-11-23-36-34/h2-25,30H,1H3. The Morgan fingerprint density at radius 2 is 0.972 bits per heavy atom. The van der Waals surface area contributed by atoms with Gasteiger partial charge in [0.2, 0.25) is 0 Å². The largest absolute Gasteiger partial charge is 0.256 e. The van der Waals surface area contributed by atoms with Gasteiger partial charge in [0, 0.05) is 29.5 Å². The lowest BCUT2D eigenvalue weighted by atomic mass is 9.88. The van der Waals surface area contributed by atoms with Crippen LogP contribution in [0.25, 0.3) is 11.1 Å². The minimum atomic E-state index is 0.0000227. The van der Waals surface area contributed by atoms with E-state index in [2.05, 4.69) is 104 Å².